The van der Waals surface area contributed by atoms with Crippen molar-refractivity contribution in [2.24, 2.45) is 10.8 Å². The zero-order chi connectivity index (χ0) is 16.2. The van der Waals surface area contributed by atoms with Gasteiger partial charge in [-0.25, -0.2) is 0 Å². The molecular formula is C18H20ClN3O. The zero-order valence-electron chi connectivity index (χ0n) is 13.1. The molecule has 3 rings (SSSR count). The highest BCUT2D eigenvalue weighted by Gasteiger charge is 2.28. The van der Waals surface area contributed by atoms with Gasteiger partial charge in [0.2, 0.25) is 0 Å². The van der Waals surface area contributed by atoms with Crippen molar-refractivity contribution in [1.29, 1.82) is 0 Å². The fourth-order valence-corrected chi connectivity index (χ4v) is 2.95. The summed E-state index contributed by atoms with van der Waals surface area (Å²) in [5.74, 6) is 0.878. The number of halogens is 1. The van der Waals surface area contributed by atoms with E-state index in [0.717, 1.165) is 23.6 Å². The Morgan fingerprint density at radius 3 is 2.70 bits per heavy atom. The van der Waals surface area contributed by atoms with E-state index in [0.29, 0.717) is 18.2 Å². The lowest BCUT2D eigenvalue weighted by Crippen LogP contribution is -2.18. The molecule has 0 amide bonds. The summed E-state index contributed by atoms with van der Waals surface area (Å²) in [6.45, 7) is 3.11. The average Bonchev–Trinajstić information content (AvgIpc) is 3.00. The van der Waals surface area contributed by atoms with E-state index in [1.165, 1.54) is 5.56 Å². The first-order chi connectivity index (χ1) is 11.2. The molecule has 1 atom stereocenters. The standard InChI is InChI=1S/C18H20ClN3O/c1-2-23-17-8-6-13(7-9-17)18-11-15(12-20)21-22(18)16-5-3-4-14(19)10-16/h3-10,18H,2,11-12,20H2,1H3. The largest absolute Gasteiger partial charge is 0.494 e. The second-order valence-electron chi connectivity index (χ2n) is 5.42. The third-order valence-corrected chi connectivity index (χ3v) is 4.09. The summed E-state index contributed by atoms with van der Waals surface area (Å²) in [7, 11) is 0. The van der Waals surface area contributed by atoms with Crippen LogP contribution in [0.3, 0.4) is 0 Å². The summed E-state index contributed by atoms with van der Waals surface area (Å²) >= 11 is 6.13. The molecule has 1 unspecified atom stereocenters. The van der Waals surface area contributed by atoms with Crippen molar-refractivity contribution in [3.05, 3.63) is 59.1 Å². The predicted octanol–water partition coefficient (Wildman–Crippen LogP) is 4.00. The van der Waals surface area contributed by atoms with E-state index in [2.05, 4.69) is 17.2 Å². The lowest BCUT2D eigenvalue weighted by molar-refractivity contribution is 0.340. The van der Waals surface area contributed by atoms with Gasteiger partial charge in [-0.15, -0.1) is 0 Å². The average molecular weight is 330 g/mol. The summed E-state index contributed by atoms with van der Waals surface area (Å²) < 4.78 is 5.51. The molecule has 0 radical (unpaired) electrons. The molecule has 23 heavy (non-hydrogen) atoms. The van der Waals surface area contributed by atoms with Crippen molar-refractivity contribution < 1.29 is 4.74 Å². The van der Waals surface area contributed by atoms with Crippen LogP contribution < -0.4 is 15.5 Å². The molecule has 2 aromatic rings. The quantitative estimate of drug-likeness (QED) is 0.901. The molecule has 0 bridgehead atoms. The third kappa shape index (κ3) is 3.49. The Bertz CT molecular complexity index is 700. The molecule has 120 valence electrons. The van der Waals surface area contributed by atoms with E-state index >= 15 is 0 Å². The minimum atomic E-state index is 0.127. The van der Waals surface area contributed by atoms with E-state index in [9.17, 15) is 0 Å². The third-order valence-electron chi connectivity index (χ3n) is 3.86. The van der Waals surface area contributed by atoms with Gasteiger partial charge in [0.1, 0.15) is 5.75 Å². The molecule has 0 spiro atoms. The van der Waals surface area contributed by atoms with Crippen LogP contribution in [0.15, 0.2) is 53.6 Å². The smallest absolute Gasteiger partial charge is 0.119 e. The zero-order valence-corrected chi connectivity index (χ0v) is 13.8. The molecular weight excluding hydrogens is 310 g/mol. The van der Waals surface area contributed by atoms with Crippen molar-refractivity contribution in [3.8, 4) is 5.75 Å². The van der Waals surface area contributed by atoms with Crippen LogP contribution in [0.2, 0.25) is 5.02 Å². The number of anilines is 1. The molecule has 0 saturated heterocycles. The fourth-order valence-electron chi connectivity index (χ4n) is 2.76. The molecule has 0 aromatic heterocycles. The van der Waals surface area contributed by atoms with Crippen LogP contribution in [0, 0.1) is 0 Å². The van der Waals surface area contributed by atoms with Crippen LogP contribution in [-0.4, -0.2) is 18.9 Å². The summed E-state index contributed by atoms with van der Waals surface area (Å²) in [6.07, 6.45) is 0.816. The monoisotopic (exact) mass is 329 g/mol. The Morgan fingerprint density at radius 1 is 1.26 bits per heavy atom. The van der Waals surface area contributed by atoms with Crippen molar-refractivity contribution in [2.45, 2.75) is 19.4 Å². The Balaban J connectivity index is 1.90. The molecule has 0 saturated carbocycles. The van der Waals surface area contributed by atoms with Gasteiger partial charge in [-0.3, -0.25) is 5.01 Å². The number of benzene rings is 2. The maximum absolute atomic E-state index is 6.13. The van der Waals surface area contributed by atoms with E-state index in [1.54, 1.807) is 0 Å². The van der Waals surface area contributed by atoms with Gasteiger partial charge in [-0.1, -0.05) is 29.8 Å². The summed E-state index contributed by atoms with van der Waals surface area (Å²) in [5, 5.41) is 7.37. The van der Waals surface area contributed by atoms with Crippen LogP contribution >= 0.6 is 11.6 Å². The van der Waals surface area contributed by atoms with Crippen LogP contribution in [0.5, 0.6) is 5.75 Å². The van der Waals surface area contributed by atoms with Crippen LogP contribution in [0.1, 0.15) is 24.9 Å². The number of nitrogens with two attached hydrogens (primary N) is 1. The van der Waals surface area contributed by atoms with E-state index in [4.69, 9.17) is 22.1 Å². The normalized spacial score (nSPS) is 17.3. The highest BCUT2D eigenvalue weighted by molar-refractivity contribution is 6.30. The molecule has 2 N–H and O–H groups in total. The number of ether oxygens (including phenoxy) is 1. The first-order valence-corrected chi connectivity index (χ1v) is 8.13. The Hall–Kier alpha value is -2.04. The van der Waals surface area contributed by atoms with Gasteiger partial charge >= 0.3 is 0 Å². The van der Waals surface area contributed by atoms with Gasteiger partial charge in [0.15, 0.2) is 0 Å². The molecule has 1 aliphatic rings. The maximum atomic E-state index is 6.13. The minimum absolute atomic E-state index is 0.127. The first kappa shape index (κ1) is 15.8. The molecule has 0 aliphatic carbocycles. The number of hydrogen-bond donors (Lipinski definition) is 1. The Morgan fingerprint density at radius 2 is 2.04 bits per heavy atom. The van der Waals surface area contributed by atoms with E-state index in [-0.39, 0.29) is 6.04 Å². The SMILES string of the molecule is CCOc1ccc(C2CC(CN)=NN2c2cccc(Cl)c2)cc1. The topological polar surface area (TPSA) is 50.9 Å². The van der Waals surface area contributed by atoms with Gasteiger partial charge < -0.3 is 10.5 Å². The summed E-state index contributed by atoms with van der Waals surface area (Å²) in [6, 6.07) is 16.0. The van der Waals surface area contributed by atoms with Crippen LogP contribution in [0.4, 0.5) is 5.69 Å². The Kier molecular flexibility index (Phi) is 4.84. The van der Waals surface area contributed by atoms with Gasteiger partial charge in [-0.2, -0.15) is 5.10 Å². The number of rotatable bonds is 5. The van der Waals surface area contributed by atoms with Gasteiger partial charge in [0, 0.05) is 18.0 Å². The predicted molar refractivity (Wildman–Crippen MR) is 95.4 cm³/mol. The molecule has 4 nitrogen and oxygen atoms in total. The maximum Gasteiger partial charge on any atom is 0.119 e. The molecule has 0 fully saturated rings. The van der Waals surface area contributed by atoms with Crippen molar-refractivity contribution in [3.63, 3.8) is 0 Å². The molecule has 2 aromatic carbocycles. The lowest BCUT2D eigenvalue weighted by Gasteiger charge is -2.24. The fraction of sp³-hybridized carbons (Fsp3) is 0.278. The van der Waals surface area contributed by atoms with Gasteiger partial charge in [-0.05, 0) is 42.8 Å². The second-order valence-corrected chi connectivity index (χ2v) is 5.85. The second kappa shape index (κ2) is 7.02. The molecule has 1 heterocycles. The van der Waals surface area contributed by atoms with E-state index < -0.39 is 0 Å². The molecule has 5 heteroatoms. The minimum Gasteiger partial charge on any atom is -0.494 e. The van der Waals surface area contributed by atoms with Crippen molar-refractivity contribution in [2.75, 3.05) is 18.2 Å². The number of hydrogen-bond acceptors (Lipinski definition) is 4. The summed E-state index contributed by atoms with van der Waals surface area (Å²) in [5.41, 5.74) is 8.95. The van der Waals surface area contributed by atoms with Gasteiger partial charge in [0.25, 0.3) is 0 Å². The van der Waals surface area contributed by atoms with E-state index in [1.807, 2.05) is 48.3 Å². The lowest BCUT2D eigenvalue weighted by atomic mass is 10.0. The van der Waals surface area contributed by atoms with Crippen LogP contribution in [-0.2, 0) is 0 Å². The first-order valence-electron chi connectivity index (χ1n) is 7.75. The molecule has 1 aliphatic heterocycles. The Labute approximate surface area is 141 Å². The van der Waals surface area contributed by atoms with Crippen molar-refractivity contribution in [1.82, 2.24) is 0 Å². The van der Waals surface area contributed by atoms with Gasteiger partial charge in [0.05, 0.1) is 24.0 Å². The van der Waals surface area contributed by atoms with Crippen LogP contribution in [0.25, 0.3) is 0 Å². The number of hydrazone groups is 1. The number of nitrogens with zero attached hydrogens (tertiary/aromatic N) is 2. The van der Waals surface area contributed by atoms with Crippen molar-refractivity contribution >= 4 is 23.0 Å². The highest BCUT2D eigenvalue weighted by Crippen LogP contribution is 2.36. The summed E-state index contributed by atoms with van der Waals surface area (Å²) in [4.78, 5) is 0. The highest BCUT2D eigenvalue weighted by atomic mass is 35.5.